The zero-order chi connectivity index (χ0) is 4.41. The first-order chi connectivity index (χ1) is 2.93. The number of hydrogen-bond acceptors (Lipinski definition) is 1. The fraction of sp³-hybridized carbons (Fsp3) is 0.800. The lowest BCUT2D eigenvalue weighted by Crippen LogP contribution is -1.73. The van der Waals surface area contributed by atoms with Crippen molar-refractivity contribution in [3.63, 3.8) is 0 Å². The predicted molar refractivity (Wildman–Crippen MR) is 23.6 cm³/mol. The largest absolute Gasteiger partial charge is 0.390 e. The molecule has 0 heterocycles. The third-order valence-electron chi connectivity index (χ3n) is 1.14. The highest BCUT2D eigenvalue weighted by Gasteiger charge is 2.19. The SMILES string of the molecule is O[CH]CC1CC1. The summed E-state index contributed by atoms with van der Waals surface area (Å²) in [7, 11) is 0. The second kappa shape index (κ2) is 1.61. The van der Waals surface area contributed by atoms with Gasteiger partial charge in [-0.25, -0.2) is 0 Å². The van der Waals surface area contributed by atoms with E-state index in [2.05, 4.69) is 0 Å². The molecule has 0 bridgehead atoms. The van der Waals surface area contributed by atoms with E-state index in [9.17, 15) is 0 Å². The van der Waals surface area contributed by atoms with Gasteiger partial charge in [-0.2, -0.15) is 0 Å². The van der Waals surface area contributed by atoms with Gasteiger partial charge in [0.1, 0.15) is 0 Å². The molecule has 0 saturated heterocycles. The van der Waals surface area contributed by atoms with Crippen LogP contribution in [0.25, 0.3) is 0 Å². The van der Waals surface area contributed by atoms with Crippen molar-refractivity contribution in [2.45, 2.75) is 19.3 Å². The molecule has 1 saturated carbocycles. The summed E-state index contributed by atoms with van der Waals surface area (Å²) >= 11 is 0. The van der Waals surface area contributed by atoms with Gasteiger partial charge < -0.3 is 5.11 Å². The second-order valence-electron chi connectivity index (χ2n) is 1.86. The van der Waals surface area contributed by atoms with Crippen molar-refractivity contribution in [3.05, 3.63) is 6.61 Å². The van der Waals surface area contributed by atoms with Gasteiger partial charge in [-0.05, 0) is 12.3 Å². The lowest BCUT2D eigenvalue weighted by atomic mass is 10.3. The summed E-state index contributed by atoms with van der Waals surface area (Å²) in [6.45, 7) is 1.26. The number of aliphatic hydroxyl groups excluding tert-OH is 1. The highest BCUT2D eigenvalue weighted by atomic mass is 16.3. The van der Waals surface area contributed by atoms with Gasteiger partial charge >= 0.3 is 0 Å². The Morgan fingerprint density at radius 3 is 2.50 bits per heavy atom. The summed E-state index contributed by atoms with van der Waals surface area (Å²) in [5.41, 5.74) is 0. The van der Waals surface area contributed by atoms with Crippen molar-refractivity contribution in [1.82, 2.24) is 0 Å². The van der Waals surface area contributed by atoms with Crippen molar-refractivity contribution < 1.29 is 5.11 Å². The van der Waals surface area contributed by atoms with Gasteiger partial charge in [-0.3, -0.25) is 0 Å². The molecule has 1 N–H and O–H groups in total. The van der Waals surface area contributed by atoms with Crippen LogP contribution in [0.1, 0.15) is 19.3 Å². The topological polar surface area (TPSA) is 20.2 Å². The smallest absolute Gasteiger partial charge is 0.0801 e. The Hall–Kier alpha value is -0.0400. The highest BCUT2D eigenvalue weighted by Crippen LogP contribution is 2.32. The molecule has 0 aliphatic heterocycles. The summed E-state index contributed by atoms with van der Waals surface area (Å²) in [6.07, 6.45) is 3.58. The average Bonchev–Trinajstić information content (AvgIpc) is 2.21. The molecule has 0 aromatic heterocycles. The van der Waals surface area contributed by atoms with Crippen molar-refractivity contribution in [2.24, 2.45) is 5.92 Å². The fourth-order valence-corrected chi connectivity index (χ4v) is 0.503. The first-order valence-corrected chi connectivity index (χ1v) is 2.39. The van der Waals surface area contributed by atoms with Gasteiger partial charge in [-0.15, -0.1) is 0 Å². The van der Waals surface area contributed by atoms with E-state index in [1.807, 2.05) is 0 Å². The van der Waals surface area contributed by atoms with E-state index in [1.54, 1.807) is 0 Å². The maximum atomic E-state index is 8.15. The van der Waals surface area contributed by atoms with Gasteiger partial charge in [0, 0.05) is 0 Å². The van der Waals surface area contributed by atoms with Crippen LogP contribution < -0.4 is 0 Å². The number of hydrogen-bond donors (Lipinski definition) is 1. The van der Waals surface area contributed by atoms with E-state index >= 15 is 0 Å². The van der Waals surface area contributed by atoms with Crippen LogP contribution in [-0.4, -0.2) is 5.11 Å². The van der Waals surface area contributed by atoms with Crippen molar-refractivity contribution in [2.75, 3.05) is 0 Å². The Balaban J connectivity index is 1.88. The van der Waals surface area contributed by atoms with Crippen LogP contribution in [0.2, 0.25) is 0 Å². The van der Waals surface area contributed by atoms with Crippen LogP contribution in [0.3, 0.4) is 0 Å². The van der Waals surface area contributed by atoms with Crippen molar-refractivity contribution in [1.29, 1.82) is 0 Å². The molecule has 1 rings (SSSR count). The summed E-state index contributed by atoms with van der Waals surface area (Å²) in [5, 5.41) is 8.15. The molecule has 0 spiro atoms. The van der Waals surface area contributed by atoms with Crippen molar-refractivity contribution >= 4 is 0 Å². The molecule has 0 unspecified atom stereocenters. The molecule has 35 valence electrons. The zero-order valence-electron chi connectivity index (χ0n) is 3.72. The summed E-state index contributed by atoms with van der Waals surface area (Å²) in [6, 6.07) is 0. The molecular weight excluding hydrogens is 76.1 g/mol. The first kappa shape index (κ1) is 4.13. The Kier molecular flexibility index (Phi) is 1.10. The highest BCUT2D eigenvalue weighted by molar-refractivity contribution is 4.74. The van der Waals surface area contributed by atoms with E-state index in [-0.39, 0.29) is 0 Å². The normalized spacial score (nSPS) is 21.5. The molecule has 0 aromatic carbocycles. The van der Waals surface area contributed by atoms with Crippen LogP contribution in [0, 0.1) is 12.5 Å². The molecule has 1 aliphatic carbocycles. The summed E-state index contributed by atoms with van der Waals surface area (Å²) in [5.74, 6) is 0.843. The Bertz CT molecular complexity index is 39.2. The Morgan fingerprint density at radius 2 is 2.33 bits per heavy atom. The molecule has 6 heavy (non-hydrogen) atoms. The van der Waals surface area contributed by atoms with Crippen LogP contribution in [0.4, 0.5) is 0 Å². The number of rotatable bonds is 2. The standard InChI is InChI=1S/C5H9O/c6-4-3-5-1-2-5/h4-6H,1-3H2. The third kappa shape index (κ3) is 0.977. The second-order valence-corrected chi connectivity index (χ2v) is 1.86. The molecule has 1 nitrogen and oxygen atoms in total. The van der Waals surface area contributed by atoms with Crippen molar-refractivity contribution in [3.8, 4) is 0 Å². The minimum absolute atomic E-state index is 0.843. The molecule has 1 fully saturated rings. The minimum atomic E-state index is 0.843. The van der Waals surface area contributed by atoms with Gasteiger partial charge in [0.25, 0.3) is 0 Å². The van der Waals surface area contributed by atoms with E-state index in [0.29, 0.717) is 0 Å². The summed E-state index contributed by atoms with van der Waals surface area (Å²) < 4.78 is 0. The van der Waals surface area contributed by atoms with Crippen LogP contribution in [0.5, 0.6) is 0 Å². The lowest BCUT2D eigenvalue weighted by Gasteiger charge is -1.81. The molecule has 1 heteroatoms. The maximum Gasteiger partial charge on any atom is 0.0801 e. The average molecular weight is 85.1 g/mol. The molecule has 1 radical (unpaired) electrons. The van der Waals surface area contributed by atoms with Crippen LogP contribution >= 0.6 is 0 Å². The minimum Gasteiger partial charge on any atom is -0.390 e. The Morgan fingerprint density at radius 1 is 1.67 bits per heavy atom. The lowest BCUT2D eigenvalue weighted by molar-refractivity contribution is 0.366. The first-order valence-electron chi connectivity index (χ1n) is 2.39. The third-order valence-corrected chi connectivity index (χ3v) is 1.14. The van der Waals surface area contributed by atoms with E-state index in [4.69, 9.17) is 5.11 Å². The van der Waals surface area contributed by atoms with Gasteiger partial charge in [0.05, 0.1) is 6.61 Å². The van der Waals surface area contributed by atoms with E-state index in [1.165, 1.54) is 19.4 Å². The van der Waals surface area contributed by atoms with Gasteiger partial charge in [0.2, 0.25) is 0 Å². The van der Waals surface area contributed by atoms with Gasteiger partial charge in [0.15, 0.2) is 0 Å². The molecule has 0 atom stereocenters. The monoisotopic (exact) mass is 85.1 g/mol. The fourth-order valence-electron chi connectivity index (χ4n) is 0.503. The van der Waals surface area contributed by atoms with Crippen LogP contribution in [-0.2, 0) is 0 Å². The Labute approximate surface area is 38.0 Å². The summed E-state index contributed by atoms with van der Waals surface area (Å²) in [4.78, 5) is 0. The zero-order valence-corrected chi connectivity index (χ0v) is 3.72. The number of aliphatic hydroxyl groups is 1. The van der Waals surface area contributed by atoms with E-state index < -0.39 is 0 Å². The molecule has 0 aromatic rings. The molecule has 0 amide bonds. The quantitative estimate of drug-likeness (QED) is 0.536. The van der Waals surface area contributed by atoms with E-state index in [0.717, 1.165) is 12.3 Å². The molecule has 1 aliphatic rings. The van der Waals surface area contributed by atoms with Crippen LogP contribution in [0.15, 0.2) is 0 Å². The van der Waals surface area contributed by atoms with Gasteiger partial charge in [-0.1, -0.05) is 12.8 Å². The maximum absolute atomic E-state index is 8.15. The molecular formula is C5H9O. The predicted octanol–water partition coefficient (Wildman–Crippen LogP) is 1.32.